The molecular weight excluding hydrogens is 216 g/mol. The molecule has 4 nitrogen and oxygen atoms in total. The summed E-state index contributed by atoms with van der Waals surface area (Å²) in [7, 11) is 4.18. The van der Waals surface area contributed by atoms with Gasteiger partial charge >= 0.3 is 0 Å². The maximum absolute atomic E-state index is 4.92. The smallest absolute Gasteiger partial charge is 0.204 e. The molecule has 1 aromatic rings. The van der Waals surface area contributed by atoms with Gasteiger partial charge in [0.2, 0.25) is 5.13 Å². The van der Waals surface area contributed by atoms with E-state index in [-0.39, 0.29) is 0 Å². The summed E-state index contributed by atoms with van der Waals surface area (Å²) in [6, 6.07) is 0. The Kier molecular flexibility index (Phi) is 5.06. The normalized spacial score (nSPS) is 10.8. The van der Waals surface area contributed by atoms with Crippen LogP contribution < -0.4 is 5.32 Å². The number of nitrogens with one attached hydrogen (secondary N) is 2. The standard InChI is InChI=1S/C8H16N4S2/c1-12(2)6-4-3-5-9-7-10-11-8(13)14-7/h3-6H2,1-2H3,(H,9,10)(H,11,13). The molecule has 0 aromatic carbocycles. The van der Waals surface area contributed by atoms with Crippen molar-refractivity contribution in [1.29, 1.82) is 0 Å². The van der Waals surface area contributed by atoms with Crippen LogP contribution >= 0.6 is 23.6 Å². The van der Waals surface area contributed by atoms with Crippen LogP contribution in [-0.4, -0.2) is 42.3 Å². The lowest BCUT2D eigenvalue weighted by molar-refractivity contribution is 0.396. The number of hydrogen-bond donors (Lipinski definition) is 2. The van der Waals surface area contributed by atoms with E-state index in [0.717, 1.165) is 28.6 Å². The number of unbranched alkanes of at least 4 members (excludes halogenated alkanes) is 1. The van der Waals surface area contributed by atoms with Gasteiger partial charge in [0.05, 0.1) is 0 Å². The summed E-state index contributed by atoms with van der Waals surface area (Å²) in [5.74, 6) is 0. The minimum Gasteiger partial charge on any atom is -0.360 e. The highest BCUT2D eigenvalue weighted by atomic mass is 32.1. The minimum absolute atomic E-state index is 0.723. The highest BCUT2D eigenvalue weighted by Crippen LogP contribution is 2.10. The molecule has 1 heterocycles. The molecule has 1 aromatic heterocycles. The molecule has 0 radical (unpaired) electrons. The van der Waals surface area contributed by atoms with Gasteiger partial charge in [0, 0.05) is 6.54 Å². The Bertz CT molecular complexity index is 304. The molecule has 14 heavy (non-hydrogen) atoms. The summed E-state index contributed by atoms with van der Waals surface area (Å²) in [5, 5.41) is 10.9. The van der Waals surface area contributed by atoms with E-state index < -0.39 is 0 Å². The second-order valence-electron chi connectivity index (χ2n) is 3.36. The summed E-state index contributed by atoms with van der Waals surface area (Å²) in [6.45, 7) is 2.10. The summed E-state index contributed by atoms with van der Waals surface area (Å²) in [6.07, 6.45) is 2.36. The quantitative estimate of drug-likeness (QED) is 0.581. The van der Waals surface area contributed by atoms with Gasteiger partial charge in [0.15, 0.2) is 3.95 Å². The van der Waals surface area contributed by atoms with Crippen LogP contribution in [0.3, 0.4) is 0 Å². The lowest BCUT2D eigenvalue weighted by atomic mass is 10.3. The SMILES string of the molecule is CN(C)CCCCNc1n[nH]c(=S)s1. The third-order valence-electron chi connectivity index (χ3n) is 1.75. The molecule has 1 rings (SSSR count). The van der Waals surface area contributed by atoms with Crippen molar-refractivity contribution in [3.8, 4) is 0 Å². The van der Waals surface area contributed by atoms with E-state index in [2.05, 4.69) is 34.5 Å². The minimum atomic E-state index is 0.723. The van der Waals surface area contributed by atoms with Crippen LogP contribution in [-0.2, 0) is 0 Å². The molecule has 0 unspecified atom stereocenters. The first-order valence-corrected chi connectivity index (χ1v) is 5.85. The molecule has 0 bridgehead atoms. The monoisotopic (exact) mass is 232 g/mol. The Balaban J connectivity index is 2.07. The van der Waals surface area contributed by atoms with Gasteiger partial charge in [-0.05, 0) is 45.7 Å². The van der Waals surface area contributed by atoms with E-state index in [0.29, 0.717) is 0 Å². The first-order valence-electron chi connectivity index (χ1n) is 4.62. The molecule has 0 fully saturated rings. The number of nitrogens with zero attached hydrogens (tertiary/aromatic N) is 2. The zero-order valence-electron chi connectivity index (χ0n) is 8.54. The Hall–Kier alpha value is -0.460. The predicted molar refractivity (Wildman–Crippen MR) is 63.6 cm³/mol. The van der Waals surface area contributed by atoms with Gasteiger partial charge in [-0.2, -0.15) is 0 Å². The van der Waals surface area contributed by atoms with E-state index in [9.17, 15) is 0 Å². The highest BCUT2D eigenvalue weighted by Gasteiger charge is 1.95. The van der Waals surface area contributed by atoms with Crippen LogP contribution in [0.5, 0.6) is 0 Å². The highest BCUT2D eigenvalue weighted by molar-refractivity contribution is 7.73. The van der Waals surface area contributed by atoms with E-state index in [1.807, 2.05) is 0 Å². The molecule has 0 saturated heterocycles. The molecule has 6 heteroatoms. The maximum atomic E-state index is 4.92. The Labute approximate surface area is 93.3 Å². The van der Waals surface area contributed by atoms with Gasteiger partial charge in [-0.3, -0.25) is 5.10 Å². The van der Waals surface area contributed by atoms with Crippen LogP contribution in [0.2, 0.25) is 0 Å². The molecule has 0 saturated carbocycles. The second-order valence-corrected chi connectivity index (χ2v) is 5.02. The number of H-pyrrole nitrogens is 1. The zero-order valence-corrected chi connectivity index (χ0v) is 10.2. The van der Waals surface area contributed by atoms with Gasteiger partial charge in [-0.15, -0.1) is 5.10 Å². The van der Waals surface area contributed by atoms with Gasteiger partial charge < -0.3 is 10.2 Å². The molecule has 0 aliphatic carbocycles. The van der Waals surface area contributed by atoms with E-state index in [4.69, 9.17) is 12.2 Å². The fourth-order valence-electron chi connectivity index (χ4n) is 1.05. The fourth-order valence-corrected chi connectivity index (χ4v) is 1.87. The Morgan fingerprint density at radius 2 is 2.29 bits per heavy atom. The molecule has 0 amide bonds. The van der Waals surface area contributed by atoms with E-state index in [1.165, 1.54) is 17.8 Å². The summed E-state index contributed by atoms with van der Waals surface area (Å²) in [4.78, 5) is 2.19. The zero-order chi connectivity index (χ0) is 10.4. The predicted octanol–water partition coefficient (Wildman–Crippen LogP) is 1.95. The van der Waals surface area contributed by atoms with Crippen molar-refractivity contribution in [2.45, 2.75) is 12.8 Å². The summed E-state index contributed by atoms with van der Waals surface area (Å²) < 4.78 is 0.723. The van der Waals surface area contributed by atoms with Gasteiger partial charge in [0.25, 0.3) is 0 Å². The number of hydrogen-bond acceptors (Lipinski definition) is 5. The van der Waals surface area contributed by atoms with Crippen LogP contribution in [0.4, 0.5) is 5.13 Å². The third kappa shape index (κ3) is 4.69. The molecule has 0 spiro atoms. The molecule has 0 aliphatic rings. The van der Waals surface area contributed by atoms with Crippen molar-refractivity contribution in [2.24, 2.45) is 0 Å². The Morgan fingerprint density at radius 1 is 1.50 bits per heavy atom. The number of anilines is 1. The number of aromatic amines is 1. The molecule has 2 N–H and O–H groups in total. The molecular formula is C8H16N4S2. The van der Waals surface area contributed by atoms with Crippen LogP contribution in [0, 0.1) is 3.95 Å². The lowest BCUT2D eigenvalue weighted by Crippen LogP contribution is -2.14. The van der Waals surface area contributed by atoms with Crippen molar-refractivity contribution in [2.75, 3.05) is 32.5 Å². The lowest BCUT2D eigenvalue weighted by Gasteiger charge is -2.08. The van der Waals surface area contributed by atoms with Crippen LogP contribution in [0.25, 0.3) is 0 Å². The average Bonchev–Trinajstić information content (AvgIpc) is 2.50. The molecule has 80 valence electrons. The van der Waals surface area contributed by atoms with Crippen molar-refractivity contribution in [3.63, 3.8) is 0 Å². The average molecular weight is 232 g/mol. The summed E-state index contributed by atoms with van der Waals surface area (Å²) in [5.41, 5.74) is 0. The van der Waals surface area contributed by atoms with Gasteiger partial charge in [0.1, 0.15) is 0 Å². The van der Waals surface area contributed by atoms with E-state index >= 15 is 0 Å². The van der Waals surface area contributed by atoms with Crippen molar-refractivity contribution in [1.82, 2.24) is 15.1 Å². The van der Waals surface area contributed by atoms with Crippen molar-refractivity contribution >= 4 is 28.7 Å². The molecule has 0 aliphatic heterocycles. The first kappa shape index (κ1) is 11.6. The topological polar surface area (TPSA) is 44.0 Å². The van der Waals surface area contributed by atoms with E-state index in [1.54, 1.807) is 0 Å². The van der Waals surface area contributed by atoms with Crippen LogP contribution in [0.1, 0.15) is 12.8 Å². The van der Waals surface area contributed by atoms with Gasteiger partial charge in [-0.1, -0.05) is 11.3 Å². The van der Waals surface area contributed by atoms with Crippen LogP contribution in [0.15, 0.2) is 0 Å². The van der Waals surface area contributed by atoms with Gasteiger partial charge in [-0.25, -0.2) is 0 Å². The largest absolute Gasteiger partial charge is 0.360 e. The fraction of sp³-hybridized carbons (Fsp3) is 0.750. The molecule has 0 atom stereocenters. The van der Waals surface area contributed by atoms with Crippen molar-refractivity contribution in [3.05, 3.63) is 3.95 Å². The second kappa shape index (κ2) is 6.10. The third-order valence-corrected chi connectivity index (χ3v) is 2.79. The number of aromatic nitrogens is 2. The summed E-state index contributed by atoms with van der Waals surface area (Å²) >= 11 is 6.40. The van der Waals surface area contributed by atoms with Crippen molar-refractivity contribution < 1.29 is 0 Å². The first-order chi connectivity index (χ1) is 6.68. The maximum Gasteiger partial charge on any atom is 0.204 e. The Morgan fingerprint density at radius 3 is 2.86 bits per heavy atom. The number of rotatable bonds is 6.